The third-order valence-corrected chi connectivity index (χ3v) is 5.63. The number of hydrogen-bond acceptors (Lipinski definition) is 4. The maximum absolute atomic E-state index is 13.1. The van der Waals surface area contributed by atoms with Crippen molar-refractivity contribution in [1.82, 2.24) is 4.90 Å². The first-order valence-electron chi connectivity index (χ1n) is 10.6. The predicted molar refractivity (Wildman–Crippen MR) is 123 cm³/mol. The average Bonchev–Trinajstić information content (AvgIpc) is 3.09. The Kier molecular flexibility index (Phi) is 5.92. The molecule has 158 valence electrons. The highest BCUT2D eigenvalue weighted by Crippen LogP contribution is 2.42. The highest BCUT2D eigenvalue weighted by Gasteiger charge is 2.33. The van der Waals surface area contributed by atoms with Crippen molar-refractivity contribution in [2.24, 2.45) is 0 Å². The number of Topliss-reactive ketones (excluding diaryl/α,β-unsaturated/α-hetero) is 1. The zero-order valence-corrected chi connectivity index (χ0v) is 18.2. The van der Waals surface area contributed by atoms with Gasteiger partial charge in [-0.15, -0.1) is 0 Å². The van der Waals surface area contributed by atoms with Crippen molar-refractivity contribution in [3.05, 3.63) is 99.8 Å². The summed E-state index contributed by atoms with van der Waals surface area (Å²) in [7, 11) is 1.99. The molecule has 0 spiro atoms. The van der Waals surface area contributed by atoms with Gasteiger partial charge in [0.15, 0.2) is 5.76 Å². The van der Waals surface area contributed by atoms with E-state index in [0.29, 0.717) is 29.2 Å². The standard InChI is InChI=1S/C27H27NO3/c1-4-19-10-12-20(13-11-19)15-24-26(30)25-18(2)14-23(29)22(27(25)31-24)17-28(3)16-21-8-6-5-7-9-21/h5-15,29H,4,16-17H2,1-3H3/b24-15-. The van der Waals surface area contributed by atoms with Gasteiger partial charge in [0.05, 0.1) is 11.1 Å². The molecule has 1 N–H and O–H groups in total. The third-order valence-electron chi connectivity index (χ3n) is 5.63. The Morgan fingerprint density at radius 1 is 1.00 bits per heavy atom. The molecule has 1 heterocycles. The minimum absolute atomic E-state index is 0.140. The summed E-state index contributed by atoms with van der Waals surface area (Å²) in [4.78, 5) is 15.2. The molecule has 0 amide bonds. The number of ether oxygens (including phenoxy) is 1. The maximum Gasteiger partial charge on any atom is 0.232 e. The van der Waals surface area contributed by atoms with Crippen LogP contribution in [0, 0.1) is 6.92 Å². The van der Waals surface area contributed by atoms with Crippen LogP contribution in [0.25, 0.3) is 6.08 Å². The van der Waals surface area contributed by atoms with Gasteiger partial charge in [-0.25, -0.2) is 0 Å². The number of fused-ring (bicyclic) bond motifs is 1. The lowest BCUT2D eigenvalue weighted by atomic mass is 9.99. The van der Waals surface area contributed by atoms with Gasteiger partial charge in [0, 0.05) is 13.1 Å². The Hall–Kier alpha value is -3.37. The van der Waals surface area contributed by atoms with Crippen LogP contribution in [0.3, 0.4) is 0 Å². The molecule has 1 aliphatic heterocycles. The first-order valence-corrected chi connectivity index (χ1v) is 10.6. The Morgan fingerprint density at radius 3 is 2.39 bits per heavy atom. The van der Waals surface area contributed by atoms with Gasteiger partial charge >= 0.3 is 0 Å². The van der Waals surface area contributed by atoms with E-state index < -0.39 is 0 Å². The number of nitrogens with zero attached hydrogens (tertiary/aromatic N) is 1. The summed E-state index contributed by atoms with van der Waals surface area (Å²) < 4.78 is 6.05. The molecule has 0 bridgehead atoms. The summed E-state index contributed by atoms with van der Waals surface area (Å²) in [5.41, 5.74) is 5.24. The van der Waals surface area contributed by atoms with E-state index in [1.54, 1.807) is 12.1 Å². The smallest absolute Gasteiger partial charge is 0.232 e. The highest BCUT2D eigenvalue weighted by atomic mass is 16.5. The Labute approximate surface area is 183 Å². The van der Waals surface area contributed by atoms with E-state index in [1.807, 2.05) is 44.3 Å². The lowest BCUT2D eigenvalue weighted by molar-refractivity contribution is 0.101. The van der Waals surface area contributed by atoms with Gasteiger partial charge in [-0.05, 0) is 54.8 Å². The summed E-state index contributed by atoms with van der Waals surface area (Å²) in [5.74, 6) is 0.773. The van der Waals surface area contributed by atoms with Crippen LogP contribution in [0.2, 0.25) is 0 Å². The van der Waals surface area contributed by atoms with E-state index in [4.69, 9.17) is 4.74 Å². The van der Waals surface area contributed by atoms with Crippen LogP contribution in [0.5, 0.6) is 11.5 Å². The minimum Gasteiger partial charge on any atom is -0.507 e. The van der Waals surface area contributed by atoms with Crippen LogP contribution >= 0.6 is 0 Å². The first kappa shape index (κ1) is 20.9. The monoisotopic (exact) mass is 413 g/mol. The number of hydrogen-bond donors (Lipinski definition) is 1. The second-order valence-corrected chi connectivity index (χ2v) is 8.09. The molecule has 4 nitrogen and oxygen atoms in total. The van der Waals surface area contributed by atoms with Crippen molar-refractivity contribution in [1.29, 1.82) is 0 Å². The minimum atomic E-state index is -0.140. The molecule has 31 heavy (non-hydrogen) atoms. The number of benzene rings is 3. The fourth-order valence-electron chi connectivity index (χ4n) is 3.95. The molecule has 0 aliphatic carbocycles. The van der Waals surface area contributed by atoms with Crippen molar-refractivity contribution < 1.29 is 14.6 Å². The maximum atomic E-state index is 13.1. The zero-order valence-electron chi connectivity index (χ0n) is 18.2. The van der Waals surface area contributed by atoms with Crippen LogP contribution in [-0.2, 0) is 19.5 Å². The molecule has 3 aromatic carbocycles. The molecule has 4 heteroatoms. The molecule has 1 aliphatic rings. The number of carbonyl (C=O) groups excluding carboxylic acids is 1. The third kappa shape index (κ3) is 4.39. The van der Waals surface area contributed by atoms with Gasteiger partial charge in [-0.1, -0.05) is 61.5 Å². The van der Waals surface area contributed by atoms with Gasteiger partial charge in [0.25, 0.3) is 0 Å². The number of carbonyl (C=O) groups is 1. The molecule has 3 aromatic rings. The Morgan fingerprint density at radius 2 is 1.71 bits per heavy atom. The topological polar surface area (TPSA) is 49.8 Å². The zero-order chi connectivity index (χ0) is 22.0. The second-order valence-electron chi connectivity index (χ2n) is 8.09. The van der Waals surface area contributed by atoms with E-state index in [2.05, 4.69) is 36.1 Å². The molecular weight excluding hydrogens is 386 g/mol. The van der Waals surface area contributed by atoms with Gasteiger partial charge in [-0.3, -0.25) is 9.69 Å². The summed E-state index contributed by atoms with van der Waals surface area (Å²) in [6.07, 6.45) is 2.74. The van der Waals surface area contributed by atoms with E-state index >= 15 is 0 Å². The molecule has 0 aromatic heterocycles. The predicted octanol–water partition coefficient (Wildman–Crippen LogP) is 5.51. The molecule has 0 unspecified atom stereocenters. The first-order chi connectivity index (χ1) is 15.0. The van der Waals surface area contributed by atoms with Gasteiger partial charge < -0.3 is 9.84 Å². The van der Waals surface area contributed by atoms with Gasteiger partial charge in [0.1, 0.15) is 11.5 Å². The van der Waals surface area contributed by atoms with Crippen molar-refractivity contribution in [3.63, 3.8) is 0 Å². The van der Waals surface area contributed by atoms with Crippen molar-refractivity contribution in [2.75, 3.05) is 7.05 Å². The molecule has 4 rings (SSSR count). The SMILES string of the molecule is CCc1ccc(/C=C2\Oc3c(CN(C)Cc4ccccc4)c(O)cc(C)c3C2=O)cc1. The van der Waals surface area contributed by atoms with E-state index in [1.165, 1.54) is 11.1 Å². The number of aromatic hydroxyl groups is 1. The van der Waals surface area contributed by atoms with E-state index in [0.717, 1.165) is 24.1 Å². The average molecular weight is 414 g/mol. The molecule has 0 radical (unpaired) electrons. The van der Waals surface area contributed by atoms with Crippen LogP contribution < -0.4 is 4.74 Å². The lowest BCUT2D eigenvalue weighted by Gasteiger charge is -2.19. The van der Waals surface area contributed by atoms with E-state index in [-0.39, 0.29) is 11.5 Å². The Balaban J connectivity index is 1.63. The molecule has 0 atom stereocenters. The van der Waals surface area contributed by atoms with Crippen LogP contribution in [0.1, 0.15) is 45.1 Å². The lowest BCUT2D eigenvalue weighted by Crippen LogP contribution is -2.17. The van der Waals surface area contributed by atoms with Crippen LogP contribution in [-0.4, -0.2) is 22.8 Å². The summed E-state index contributed by atoms with van der Waals surface area (Å²) in [6.45, 7) is 5.13. The fraction of sp³-hybridized carbons (Fsp3) is 0.222. The molecular formula is C27H27NO3. The summed E-state index contributed by atoms with van der Waals surface area (Å²) >= 11 is 0. The van der Waals surface area contributed by atoms with Crippen molar-refractivity contribution in [2.45, 2.75) is 33.4 Å². The second kappa shape index (κ2) is 8.78. The van der Waals surface area contributed by atoms with Gasteiger partial charge in [0.2, 0.25) is 5.78 Å². The van der Waals surface area contributed by atoms with Crippen LogP contribution in [0.15, 0.2) is 66.4 Å². The number of phenols is 1. The number of rotatable bonds is 6. The van der Waals surface area contributed by atoms with Gasteiger partial charge in [-0.2, -0.15) is 0 Å². The fourth-order valence-corrected chi connectivity index (χ4v) is 3.95. The van der Waals surface area contributed by atoms with Crippen molar-refractivity contribution in [3.8, 4) is 11.5 Å². The number of phenolic OH excluding ortho intramolecular Hbond substituents is 1. The number of aryl methyl sites for hydroxylation is 2. The quantitative estimate of drug-likeness (QED) is 0.541. The summed E-state index contributed by atoms with van der Waals surface area (Å²) in [6, 6.07) is 19.9. The van der Waals surface area contributed by atoms with E-state index in [9.17, 15) is 9.90 Å². The molecule has 0 saturated heterocycles. The Bertz CT molecular complexity index is 1130. The van der Waals surface area contributed by atoms with Crippen LogP contribution in [0.4, 0.5) is 0 Å². The highest BCUT2D eigenvalue weighted by molar-refractivity contribution is 6.15. The molecule has 0 fully saturated rings. The van der Waals surface area contributed by atoms with Crippen molar-refractivity contribution >= 4 is 11.9 Å². The normalized spacial score (nSPS) is 14.2. The molecule has 0 saturated carbocycles. The largest absolute Gasteiger partial charge is 0.507 e. The number of ketones is 1. The summed E-state index contributed by atoms with van der Waals surface area (Å²) in [5, 5.41) is 10.7. The number of allylic oxidation sites excluding steroid dienone is 1.